The molecule has 0 aliphatic carbocycles. The van der Waals surface area contributed by atoms with Crippen LogP contribution in [0.15, 0.2) is 54.6 Å². The van der Waals surface area contributed by atoms with Crippen LogP contribution in [0.25, 0.3) is 0 Å². The molecule has 0 aromatic heterocycles. The number of likely N-dealkylation sites (N-methyl/N-ethyl adjacent to an activating group) is 1. The minimum atomic E-state index is -0.822. The van der Waals surface area contributed by atoms with Gasteiger partial charge < -0.3 is 4.90 Å². The first-order valence-electron chi connectivity index (χ1n) is 9.29. The van der Waals surface area contributed by atoms with E-state index in [1.54, 1.807) is 29.2 Å². The predicted molar refractivity (Wildman–Crippen MR) is 105 cm³/mol. The summed E-state index contributed by atoms with van der Waals surface area (Å²) in [5, 5.41) is 0. The summed E-state index contributed by atoms with van der Waals surface area (Å²) in [5.41, 5.74) is 1.49. The molecule has 2 aromatic rings. The van der Waals surface area contributed by atoms with Crippen molar-refractivity contribution in [3.8, 4) is 0 Å². The van der Waals surface area contributed by atoms with Crippen molar-refractivity contribution in [2.45, 2.75) is 33.2 Å². The van der Waals surface area contributed by atoms with Gasteiger partial charge in [-0.25, -0.2) is 0 Å². The lowest BCUT2D eigenvalue weighted by Gasteiger charge is -2.32. The van der Waals surface area contributed by atoms with Gasteiger partial charge in [-0.1, -0.05) is 44.2 Å². The zero-order chi connectivity index (χ0) is 19.6. The van der Waals surface area contributed by atoms with Gasteiger partial charge in [0.2, 0.25) is 5.91 Å². The Morgan fingerprint density at radius 1 is 0.926 bits per heavy atom. The van der Waals surface area contributed by atoms with Crippen molar-refractivity contribution in [3.05, 3.63) is 65.7 Å². The minimum Gasteiger partial charge on any atom is -0.311 e. The highest BCUT2D eigenvalue weighted by Gasteiger charge is 2.43. The summed E-state index contributed by atoms with van der Waals surface area (Å²) < 4.78 is 0. The molecule has 5 heteroatoms. The first-order chi connectivity index (χ1) is 13.0. The molecule has 0 radical (unpaired) electrons. The van der Waals surface area contributed by atoms with Gasteiger partial charge in [0, 0.05) is 12.2 Å². The average molecular weight is 364 g/mol. The third kappa shape index (κ3) is 3.50. The summed E-state index contributed by atoms with van der Waals surface area (Å²) in [7, 11) is 0. The predicted octanol–water partition coefficient (Wildman–Crippen LogP) is 3.75. The maximum absolute atomic E-state index is 13.4. The third-order valence-electron chi connectivity index (χ3n) is 4.77. The summed E-state index contributed by atoms with van der Waals surface area (Å²) in [5.74, 6) is -0.859. The molecule has 2 aromatic carbocycles. The second-order valence-corrected chi connectivity index (χ2v) is 7.09. The van der Waals surface area contributed by atoms with Crippen LogP contribution < -0.4 is 4.90 Å². The SMILES string of the molecule is CCN(C(=O)[C@@H](CC(C)C)N1C(=O)c2ccccc2C1=O)c1ccccc1. The Morgan fingerprint density at radius 3 is 1.93 bits per heavy atom. The maximum atomic E-state index is 13.4. The number of carbonyl (C=O) groups excluding carboxylic acids is 3. The zero-order valence-corrected chi connectivity index (χ0v) is 15.9. The van der Waals surface area contributed by atoms with Crippen LogP contribution in [0.4, 0.5) is 5.69 Å². The van der Waals surface area contributed by atoms with E-state index in [4.69, 9.17) is 0 Å². The van der Waals surface area contributed by atoms with E-state index < -0.39 is 17.9 Å². The van der Waals surface area contributed by atoms with Gasteiger partial charge in [0.15, 0.2) is 0 Å². The molecule has 5 nitrogen and oxygen atoms in total. The topological polar surface area (TPSA) is 57.7 Å². The van der Waals surface area contributed by atoms with Crippen LogP contribution in [-0.4, -0.2) is 35.2 Å². The molecule has 3 rings (SSSR count). The molecule has 27 heavy (non-hydrogen) atoms. The number of rotatable bonds is 6. The quantitative estimate of drug-likeness (QED) is 0.734. The van der Waals surface area contributed by atoms with Crippen LogP contribution in [0.2, 0.25) is 0 Å². The van der Waals surface area contributed by atoms with Crippen molar-refractivity contribution in [2.24, 2.45) is 5.92 Å². The van der Waals surface area contributed by atoms with Crippen LogP contribution in [-0.2, 0) is 4.79 Å². The number of imide groups is 1. The number of amides is 3. The Balaban J connectivity index is 1.98. The number of benzene rings is 2. The van der Waals surface area contributed by atoms with E-state index >= 15 is 0 Å². The van der Waals surface area contributed by atoms with E-state index in [9.17, 15) is 14.4 Å². The van der Waals surface area contributed by atoms with Crippen LogP contribution in [0.1, 0.15) is 47.9 Å². The smallest absolute Gasteiger partial charge is 0.262 e. The normalized spacial score (nSPS) is 14.4. The highest BCUT2D eigenvalue weighted by atomic mass is 16.2. The van der Waals surface area contributed by atoms with E-state index in [1.807, 2.05) is 51.1 Å². The molecule has 1 heterocycles. The number of anilines is 1. The monoisotopic (exact) mass is 364 g/mol. The van der Waals surface area contributed by atoms with Gasteiger partial charge in [0.05, 0.1) is 11.1 Å². The Morgan fingerprint density at radius 2 is 1.44 bits per heavy atom. The number of hydrogen-bond acceptors (Lipinski definition) is 3. The molecule has 0 saturated carbocycles. The van der Waals surface area contributed by atoms with E-state index in [-0.39, 0.29) is 11.8 Å². The highest BCUT2D eigenvalue weighted by Crippen LogP contribution is 2.28. The van der Waals surface area contributed by atoms with E-state index in [0.717, 1.165) is 10.6 Å². The van der Waals surface area contributed by atoms with Crippen molar-refractivity contribution < 1.29 is 14.4 Å². The fourth-order valence-electron chi connectivity index (χ4n) is 3.51. The summed E-state index contributed by atoms with van der Waals surface area (Å²) >= 11 is 0. The third-order valence-corrected chi connectivity index (χ3v) is 4.77. The average Bonchev–Trinajstić information content (AvgIpc) is 2.92. The second-order valence-electron chi connectivity index (χ2n) is 7.09. The first kappa shape index (κ1) is 18.8. The van der Waals surface area contributed by atoms with Crippen LogP contribution in [0.5, 0.6) is 0 Å². The number of carbonyl (C=O) groups is 3. The molecule has 0 N–H and O–H groups in total. The van der Waals surface area contributed by atoms with E-state index in [0.29, 0.717) is 24.1 Å². The lowest BCUT2D eigenvalue weighted by atomic mass is 10.0. The van der Waals surface area contributed by atoms with Gasteiger partial charge in [0.25, 0.3) is 11.8 Å². The molecule has 3 amide bonds. The maximum Gasteiger partial charge on any atom is 0.262 e. The van der Waals surface area contributed by atoms with E-state index in [1.165, 1.54) is 0 Å². The molecule has 0 fully saturated rings. The number of fused-ring (bicyclic) bond motifs is 1. The van der Waals surface area contributed by atoms with Crippen molar-refractivity contribution in [1.82, 2.24) is 4.90 Å². The molecular weight excluding hydrogens is 340 g/mol. The largest absolute Gasteiger partial charge is 0.311 e. The molecule has 0 spiro atoms. The highest BCUT2D eigenvalue weighted by molar-refractivity contribution is 6.23. The molecule has 0 bridgehead atoms. The first-order valence-corrected chi connectivity index (χ1v) is 9.29. The Labute approximate surface area is 159 Å². The lowest BCUT2D eigenvalue weighted by Crippen LogP contribution is -2.51. The van der Waals surface area contributed by atoms with Crippen molar-refractivity contribution in [1.29, 1.82) is 0 Å². The molecule has 1 aliphatic rings. The number of nitrogens with zero attached hydrogens (tertiary/aromatic N) is 2. The van der Waals surface area contributed by atoms with Gasteiger partial charge in [-0.3, -0.25) is 19.3 Å². The van der Waals surface area contributed by atoms with Crippen LogP contribution in [0, 0.1) is 5.92 Å². The van der Waals surface area contributed by atoms with Crippen molar-refractivity contribution in [3.63, 3.8) is 0 Å². The summed E-state index contributed by atoms with van der Waals surface area (Å²) in [6, 6.07) is 15.3. The van der Waals surface area contributed by atoms with Gasteiger partial charge >= 0.3 is 0 Å². The molecule has 0 saturated heterocycles. The van der Waals surface area contributed by atoms with Crippen molar-refractivity contribution >= 4 is 23.4 Å². The molecule has 0 unspecified atom stereocenters. The molecule has 140 valence electrons. The summed E-state index contributed by atoms with van der Waals surface area (Å²) in [6.45, 7) is 6.31. The Bertz CT molecular complexity index is 826. The van der Waals surface area contributed by atoms with E-state index in [2.05, 4.69) is 0 Å². The molecular formula is C22H24N2O3. The summed E-state index contributed by atoms with van der Waals surface area (Å²) in [4.78, 5) is 42.0. The van der Waals surface area contributed by atoms with Gasteiger partial charge in [0.1, 0.15) is 6.04 Å². The summed E-state index contributed by atoms with van der Waals surface area (Å²) in [6.07, 6.45) is 0.424. The zero-order valence-electron chi connectivity index (χ0n) is 15.9. The fourth-order valence-corrected chi connectivity index (χ4v) is 3.51. The standard InChI is InChI=1S/C22H24N2O3/c1-4-23(16-10-6-5-7-11-16)22(27)19(14-15(2)3)24-20(25)17-12-8-9-13-18(17)21(24)26/h5-13,15,19H,4,14H2,1-3H3/t19-/m1/s1. The second kappa shape index (κ2) is 7.74. The van der Waals surface area contributed by atoms with Crippen LogP contribution in [0.3, 0.4) is 0 Å². The van der Waals surface area contributed by atoms with Crippen molar-refractivity contribution in [2.75, 3.05) is 11.4 Å². The van der Waals surface area contributed by atoms with Gasteiger partial charge in [-0.2, -0.15) is 0 Å². The molecule has 1 aliphatic heterocycles. The van der Waals surface area contributed by atoms with Gasteiger partial charge in [-0.05, 0) is 43.5 Å². The fraction of sp³-hybridized carbons (Fsp3) is 0.318. The number of para-hydroxylation sites is 1. The minimum absolute atomic E-state index is 0.151. The Kier molecular flexibility index (Phi) is 5.40. The lowest BCUT2D eigenvalue weighted by molar-refractivity contribution is -0.122. The Hall–Kier alpha value is -2.95. The number of hydrogen-bond donors (Lipinski definition) is 0. The van der Waals surface area contributed by atoms with Gasteiger partial charge in [-0.15, -0.1) is 0 Å². The molecule has 1 atom stereocenters. The van der Waals surface area contributed by atoms with Crippen LogP contribution >= 0.6 is 0 Å².